The van der Waals surface area contributed by atoms with Crippen LogP contribution >= 0.6 is 24.8 Å². The molecule has 4 heteroatoms. The Bertz CT molecular complexity index is 1160. The molecule has 0 amide bonds. The maximum atomic E-state index is 2.65. The van der Waals surface area contributed by atoms with Crippen LogP contribution in [0.2, 0.25) is 9.26 Å². The van der Waals surface area contributed by atoms with Crippen molar-refractivity contribution in [2.45, 2.75) is 19.3 Å². The summed E-state index contributed by atoms with van der Waals surface area (Å²) in [5.74, 6) is 0. The van der Waals surface area contributed by atoms with E-state index in [-0.39, 0.29) is 24.8 Å². The minimum absolute atomic E-state index is 0. The molecule has 3 aromatic rings. The molecule has 0 N–H and O–H groups in total. The average molecular weight is 505 g/mol. The van der Waals surface area contributed by atoms with E-state index in [2.05, 4.69) is 95.0 Å². The first-order chi connectivity index (χ1) is 12.4. The van der Waals surface area contributed by atoms with Gasteiger partial charge in [0.25, 0.3) is 0 Å². The van der Waals surface area contributed by atoms with Gasteiger partial charge in [0.2, 0.25) is 0 Å². The zero-order valence-corrected chi connectivity index (χ0v) is 21.8. The van der Waals surface area contributed by atoms with Gasteiger partial charge in [0.1, 0.15) is 0 Å². The number of hydrogen-bond acceptors (Lipinski definition) is 0. The molecule has 0 aliphatic heterocycles. The first-order valence-corrected chi connectivity index (χ1v) is 23.0. The van der Waals surface area contributed by atoms with Crippen molar-refractivity contribution < 1.29 is 17.4 Å². The summed E-state index contributed by atoms with van der Waals surface area (Å²) in [6.45, 7) is 2.37. The van der Waals surface area contributed by atoms with Crippen LogP contribution in [-0.4, -0.2) is 6.88 Å². The van der Waals surface area contributed by atoms with Gasteiger partial charge in [0, 0.05) is 0 Å². The molecule has 0 saturated carbocycles. The van der Waals surface area contributed by atoms with Crippen molar-refractivity contribution in [2.75, 3.05) is 0 Å². The molecule has 2 aliphatic rings. The van der Waals surface area contributed by atoms with E-state index in [9.17, 15) is 0 Å². The Hall–Kier alpha value is -0.920. The van der Waals surface area contributed by atoms with Gasteiger partial charge in [-0.1, -0.05) is 0 Å². The van der Waals surface area contributed by atoms with Gasteiger partial charge in [-0.15, -0.1) is 24.8 Å². The Kier molecular flexibility index (Phi) is 5.76. The summed E-state index contributed by atoms with van der Waals surface area (Å²) in [5, 5.41) is 0. The first kappa shape index (κ1) is 21.8. The molecule has 144 valence electrons. The zero-order chi connectivity index (χ0) is 18.0. The fourth-order valence-corrected chi connectivity index (χ4v) is 19.5. The van der Waals surface area contributed by atoms with Crippen molar-refractivity contribution in [1.82, 2.24) is 0 Å². The summed E-state index contributed by atoms with van der Waals surface area (Å²) in [5.41, 5.74) is 8.99. The molecule has 0 aromatic heterocycles. The van der Waals surface area contributed by atoms with Crippen molar-refractivity contribution in [1.29, 1.82) is 0 Å². The fourth-order valence-electron chi connectivity index (χ4n) is 5.15. The molecule has 28 heavy (non-hydrogen) atoms. The van der Waals surface area contributed by atoms with Gasteiger partial charge in [0.05, 0.1) is 0 Å². The molecule has 1 unspecified atom stereocenters. The summed E-state index contributed by atoms with van der Waals surface area (Å²) in [7, 11) is 0. The summed E-state index contributed by atoms with van der Waals surface area (Å²) in [6.07, 6.45) is 5.96. The number of fused-ring (bicyclic) bond motifs is 4. The Morgan fingerprint density at radius 3 is 2.32 bits per heavy atom. The summed E-state index contributed by atoms with van der Waals surface area (Å²) in [4.78, 5) is 0. The van der Waals surface area contributed by atoms with Gasteiger partial charge in [-0.25, -0.2) is 0 Å². The quantitative estimate of drug-likeness (QED) is 0.302. The Morgan fingerprint density at radius 1 is 0.821 bits per heavy atom. The van der Waals surface area contributed by atoms with E-state index >= 15 is 0 Å². The van der Waals surface area contributed by atoms with Crippen molar-refractivity contribution in [3.05, 3.63) is 95.1 Å². The van der Waals surface area contributed by atoms with Crippen LogP contribution in [0.1, 0.15) is 25.9 Å². The number of benzene rings is 3. The zero-order valence-electron chi connectivity index (χ0n) is 16.3. The Balaban J connectivity index is 0.00000112. The normalized spacial score (nSPS) is 16.5. The van der Waals surface area contributed by atoms with Gasteiger partial charge < -0.3 is 0 Å². The van der Waals surface area contributed by atoms with Crippen LogP contribution in [0.15, 0.2) is 72.8 Å². The first-order valence-electron chi connectivity index (χ1n) is 9.49. The summed E-state index contributed by atoms with van der Waals surface area (Å²) in [6, 6.07) is 25.0. The van der Waals surface area contributed by atoms with Crippen LogP contribution in [0.4, 0.5) is 0 Å². The molecule has 0 nitrogen and oxygen atoms in total. The van der Waals surface area contributed by atoms with Crippen LogP contribution in [0.5, 0.6) is 0 Å². The topological polar surface area (TPSA) is 0 Å². The van der Waals surface area contributed by atoms with Crippen molar-refractivity contribution in [3.8, 4) is 11.1 Å². The van der Waals surface area contributed by atoms with Crippen molar-refractivity contribution in [3.63, 3.8) is 0 Å². The average Bonchev–Trinajstić information content (AvgIpc) is 3.23. The van der Waals surface area contributed by atoms with E-state index in [4.69, 9.17) is 0 Å². The van der Waals surface area contributed by atoms with Gasteiger partial charge >= 0.3 is 159 Å². The number of hydrogen-bond donors (Lipinski definition) is 0. The van der Waals surface area contributed by atoms with E-state index in [1.807, 2.05) is 0 Å². The summed E-state index contributed by atoms with van der Waals surface area (Å²) >= 11 is -3.22. The number of allylic oxidation sites excluding steroid dienone is 1. The molecule has 0 spiro atoms. The third-order valence-corrected chi connectivity index (χ3v) is 23.0. The number of rotatable bonds is 2. The Morgan fingerprint density at radius 2 is 1.50 bits per heavy atom. The van der Waals surface area contributed by atoms with Gasteiger partial charge in [-0.3, -0.25) is 0 Å². The second-order valence-electron chi connectivity index (χ2n) is 8.94. The molecule has 3 aromatic carbocycles. The van der Waals surface area contributed by atoms with E-state index in [1.165, 1.54) is 22.3 Å². The van der Waals surface area contributed by atoms with E-state index in [0.29, 0.717) is 3.63 Å². The molecule has 0 saturated heterocycles. The van der Waals surface area contributed by atoms with Gasteiger partial charge in [-0.05, 0) is 0 Å². The van der Waals surface area contributed by atoms with E-state index < -0.39 is 17.4 Å². The second-order valence-corrected chi connectivity index (χ2v) is 38.5. The van der Waals surface area contributed by atoms with Crippen LogP contribution in [0, 0.1) is 0 Å². The van der Waals surface area contributed by atoms with Crippen molar-refractivity contribution in [2.24, 2.45) is 0 Å². The molecule has 5 rings (SSSR count). The molecule has 1 atom stereocenters. The van der Waals surface area contributed by atoms with Crippen LogP contribution < -0.4 is 3.27 Å². The van der Waals surface area contributed by atoms with E-state index in [1.54, 1.807) is 14.4 Å². The molecular formula is C24H26Cl2SiZr. The fraction of sp³-hybridized carbons (Fsp3) is 0.167. The van der Waals surface area contributed by atoms with Crippen LogP contribution in [-0.2, 0) is 23.8 Å². The van der Waals surface area contributed by atoms with Crippen molar-refractivity contribution >= 4 is 41.0 Å². The summed E-state index contributed by atoms with van der Waals surface area (Å²) < 4.78 is 7.59. The van der Waals surface area contributed by atoms with Crippen LogP contribution in [0.25, 0.3) is 17.2 Å². The molecule has 2 aliphatic carbocycles. The Labute approximate surface area is 182 Å². The minimum atomic E-state index is -3.22. The van der Waals surface area contributed by atoms with E-state index in [0.717, 1.165) is 6.42 Å². The molecular weight excluding hydrogens is 478 g/mol. The maximum absolute atomic E-state index is 3.22. The van der Waals surface area contributed by atoms with Crippen LogP contribution in [0.3, 0.4) is 0 Å². The predicted octanol–water partition coefficient (Wildman–Crippen LogP) is 5.83. The number of halogens is 2. The van der Waals surface area contributed by atoms with Gasteiger partial charge in [0.15, 0.2) is 0 Å². The standard InChI is InChI=1S/C13H9.C9H7.2CH3.2ClH.H2Si.Zr/c1-3-7-12-10(5-1)9-11-6-2-4-8-13(11)12;1-2-5-9-7-3-6-8(9)4-1;;;;;;/h1-5,7-8H,9H2;1-7H;2*1H3;2*1H;1H2;. The molecule has 0 fully saturated rings. The predicted molar refractivity (Wildman–Crippen MR) is 127 cm³/mol. The molecule has 0 heterocycles. The molecule has 0 bridgehead atoms. The monoisotopic (exact) mass is 502 g/mol. The third kappa shape index (κ3) is 3.14. The molecule has 0 radical (unpaired) electrons. The third-order valence-electron chi connectivity index (χ3n) is 6.53. The SMILES string of the molecule is Cl.Cl.[CH3][Zr]([CH3])(=[SiH2])([c]1cccc2c1Cc1ccccc1-2)[CH]1C=Cc2ccccc21. The second kappa shape index (κ2) is 7.40. The van der Waals surface area contributed by atoms with Gasteiger partial charge in [-0.2, -0.15) is 0 Å².